The van der Waals surface area contributed by atoms with E-state index >= 15 is 0 Å². The number of hydrogen-bond acceptors (Lipinski definition) is 4. The lowest BCUT2D eigenvalue weighted by Gasteiger charge is -2.10. The van der Waals surface area contributed by atoms with E-state index < -0.39 is 5.91 Å². The van der Waals surface area contributed by atoms with Crippen molar-refractivity contribution in [3.8, 4) is 6.07 Å². The van der Waals surface area contributed by atoms with Crippen LogP contribution in [0.15, 0.2) is 54.1 Å². The molecule has 148 valence electrons. The lowest BCUT2D eigenvalue weighted by atomic mass is 10.1. The van der Waals surface area contributed by atoms with Crippen LogP contribution >= 0.6 is 11.6 Å². The van der Waals surface area contributed by atoms with Crippen molar-refractivity contribution in [2.45, 2.75) is 18.9 Å². The Morgan fingerprint density at radius 3 is 2.79 bits per heavy atom. The molecule has 1 aliphatic rings. The minimum absolute atomic E-state index is 0.00208. The number of nitriles is 1. The fourth-order valence-corrected chi connectivity index (χ4v) is 3.19. The number of nitrogens with one attached hydrogen (secondary N) is 2. The Morgan fingerprint density at radius 2 is 2.07 bits per heavy atom. The number of nitrogens with zero attached hydrogens (tertiary/aromatic N) is 1. The van der Waals surface area contributed by atoms with Crippen LogP contribution in [-0.2, 0) is 9.53 Å². The van der Waals surface area contributed by atoms with Crippen LogP contribution in [0.3, 0.4) is 0 Å². The molecule has 3 rings (SSSR count). The maximum atomic E-state index is 12.4. The van der Waals surface area contributed by atoms with Gasteiger partial charge in [-0.25, -0.2) is 0 Å². The molecule has 0 radical (unpaired) electrons. The summed E-state index contributed by atoms with van der Waals surface area (Å²) in [5.41, 5.74) is 1.49. The fourth-order valence-electron chi connectivity index (χ4n) is 2.97. The Kier molecular flexibility index (Phi) is 7.01. The van der Waals surface area contributed by atoms with Gasteiger partial charge in [0.25, 0.3) is 11.8 Å². The van der Waals surface area contributed by atoms with E-state index in [1.54, 1.807) is 48.5 Å². The van der Waals surface area contributed by atoms with Crippen molar-refractivity contribution in [1.82, 2.24) is 5.32 Å². The predicted octanol–water partition coefficient (Wildman–Crippen LogP) is 3.79. The first kappa shape index (κ1) is 20.6. The van der Waals surface area contributed by atoms with Gasteiger partial charge < -0.3 is 15.4 Å². The molecule has 7 heteroatoms. The predicted molar refractivity (Wildman–Crippen MR) is 111 cm³/mol. The minimum Gasteiger partial charge on any atom is -0.376 e. The Hall–Kier alpha value is -3.14. The Balaban J connectivity index is 1.68. The molecule has 2 aromatic carbocycles. The molecule has 0 aromatic heterocycles. The highest BCUT2D eigenvalue weighted by Crippen LogP contribution is 2.19. The molecular weight excluding hydrogens is 390 g/mol. The van der Waals surface area contributed by atoms with Crippen molar-refractivity contribution in [3.63, 3.8) is 0 Å². The van der Waals surface area contributed by atoms with Gasteiger partial charge >= 0.3 is 0 Å². The number of carbonyl (C=O) groups is 2. The monoisotopic (exact) mass is 409 g/mol. The van der Waals surface area contributed by atoms with Gasteiger partial charge in [-0.05, 0) is 48.7 Å². The van der Waals surface area contributed by atoms with E-state index in [4.69, 9.17) is 16.3 Å². The molecule has 1 aliphatic heterocycles. The summed E-state index contributed by atoms with van der Waals surface area (Å²) in [6, 6.07) is 15.5. The number of benzene rings is 2. The molecule has 6 nitrogen and oxygen atoms in total. The number of rotatable bonds is 6. The van der Waals surface area contributed by atoms with Gasteiger partial charge in [0, 0.05) is 18.8 Å². The number of amides is 2. The number of carbonyl (C=O) groups excluding carboxylic acids is 2. The highest BCUT2D eigenvalue weighted by molar-refractivity contribution is 6.34. The van der Waals surface area contributed by atoms with Crippen LogP contribution in [0.4, 0.5) is 5.69 Å². The van der Waals surface area contributed by atoms with Crippen molar-refractivity contribution in [3.05, 3.63) is 70.3 Å². The summed E-state index contributed by atoms with van der Waals surface area (Å²) in [4.78, 5) is 24.7. The smallest absolute Gasteiger partial charge is 0.262 e. The molecule has 2 N–H and O–H groups in total. The van der Waals surface area contributed by atoms with Crippen LogP contribution in [0.5, 0.6) is 0 Å². The van der Waals surface area contributed by atoms with Crippen molar-refractivity contribution in [2.24, 2.45) is 0 Å². The average molecular weight is 410 g/mol. The highest BCUT2D eigenvalue weighted by Gasteiger charge is 2.17. The van der Waals surface area contributed by atoms with Crippen LogP contribution in [0, 0.1) is 11.3 Å². The molecule has 2 amide bonds. The zero-order valence-electron chi connectivity index (χ0n) is 15.7. The van der Waals surface area contributed by atoms with E-state index in [1.807, 2.05) is 6.07 Å². The molecule has 1 saturated heterocycles. The van der Waals surface area contributed by atoms with E-state index in [9.17, 15) is 14.9 Å². The quantitative estimate of drug-likeness (QED) is 0.560. The molecule has 0 bridgehead atoms. The zero-order valence-corrected chi connectivity index (χ0v) is 16.4. The van der Waals surface area contributed by atoms with Gasteiger partial charge in [0.2, 0.25) is 0 Å². The highest BCUT2D eigenvalue weighted by atomic mass is 35.5. The second-order valence-electron chi connectivity index (χ2n) is 6.57. The lowest BCUT2D eigenvalue weighted by molar-refractivity contribution is -0.117. The molecular formula is C22H20ClN3O3. The molecule has 0 saturated carbocycles. The summed E-state index contributed by atoms with van der Waals surface area (Å²) >= 11 is 6.06. The first-order valence-electron chi connectivity index (χ1n) is 9.24. The summed E-state index contributed by atoms with van der Waals surface area (Å²) in [6.45, 7) is 1.08. The van der Waals surface area contributed by atoms with Gasteiger partial charge in [-0.1, -0.05) is 35.9 Å². The van der Waals surface area contributed by atoms with Crippen molar-refractivity contribution in [1.29, 1.82) is 5.26 Å². The molecule has 1 heterocycles. The Morgan fingerprint density at radius 1 is 1.24 bits per heavy atom. The summed E-state index contributed by atoms with van der Waals surface area (Å²) in [7, 11) is 0. The van der Waals surface area contributed by atoms with Gasteiger partial charge in [-0.2, -0.15) is 5.26 Å². The standard InChI is InChI=1S/C22H20ClN3O3/c23-20-9-2-1-8-19(20)22(28)26-17-6-3-5-15(12-17)11-16(13-24)21(27)25-14-18-7-4-10-29-18/h1-3,5-6,8-9,11-12,18H,4,7,10,14H2,(H,25,27)(H,26,28)/b16-11+/t18-/m0/s1. The van der Waals surface area contributed by atoms with Crippen molar-refractivity contribution in [2.75, 3.05) is 18.5 Å². The molecule has 0 spiro atoms. The first-order valence-corrected chi connectivity index (χ1v) is 9.62. The zero-order chi connectivity index (χ0) is 20.6. The third-order valence-corrected chi connectivity index (χ3v) is 4.78. The summed E-state index contributed by atoms with van der Waals surface area (Å²) in [5.74, 6) is -0.792. The largest absolute Gasteiger partial charge is 0.376 e. The number of hydrogen-bond donors (Lipinski definition) is 2. The lowest BCUT2D eigenvalue weighted by Crippen LogP contribution is -2.32. The van der Waals surface area contributed by atoms with Crippen LogP contribution < -0.4 is 10.6 Å². The van der Waals surface area contributed by atoms with Crippen LogP contribution in [-0.4, -0.2) is 31.1 Å². The first-order chi connectivity index (χ1) is 14.1. The van der Waals surface area contributed by atoms with E-state index in [-0.39, 0.29) is 17.6 Å². The molecule has 0 unspecified atom stereocenters. The third kappa shape index (κ3) is 5.67. The van der Waals surface area contributed by atoms with Gasteiger partial charge in [0.1, 0.15) is 11.6 Å². The van der Waals surface area contributed by atoms with E-state index in [1.165, 1.54) is 6.08 Å². The minimum atomic E-state index is -0.450. The fraction of sp³-hybridized carbons (Fsp3) is 0.227. The van der Waals surface area contributed by atoms with Gasteiger partial charge in [-0.15, -0.1) is 0 Å². The van der Waals surface area contributed by atoms with Crippen LogP contribution in [0.25, 0.3) is 6.08 Å². The number of halogens is 1. The molecule has 0 aliphatic carbocycles. The molecule has 2 aromatic rings. The molecule has 1 fully saturated rings. The van der Waals surface area contributed by atoms with Gasteiger partial charge in [-0.3, -0.25) is 9.59 Å². The summed E-state index contributed by atoms with van der Waals surface area (Å²) in [5, 5.41) is 15.2. The maximum Gasteiger partial charge on any atom is 0.262 e. The number of anilines is 1. The molecule has 29 heavy (non-hydrogen) atoms. The molecule has 1 atom stereocenters. The van der Waals surface area contributed by atoms with E-state index in [2.05, 4.69) is 10.6 Å². The normalized spacial score (nSPS) is 16.1. The van der Waals surface area contributed by atoms with Gasteiger partial charge in [0.15, 0.2) is 0 Å². The number of ether oxygens (including phenoxy) is 1. The van der Waals surface area contributed by atoms with Crippen LogP contribution in [0.1, 0.15) is 28.8 Å². The Bertz CT molecular complexity index is 975. The SMILES string of the molecule is N#C/C(=C\c1cccc(NC(=O)c2ccccc2Cl)c1)C(=O)NC[C@@H]1CCCO1. The maximum absolute atomic E-state index is 12.4. The second kappa shape index (κ2) is 9.87. The third-order valence-electron chi connectivity index (χ3n) is 4.45. The average Bonchev–Trinajstić information content (AvgIpc) is 3.24. The van der Waals surface area contributed by atoms with Gasteiger partial charge in [0.05, 0.1) is 16.7 Å². The van der Waals surface area contributed by atoms with E-state index in [0.717, 1.165) is 12.8 Å². The van der Waals surface area contributed by atoms with E-state index in [0.29, 0.717) is 35.0 Å². The summed E-state index contributed by atoms with van der Waals surface area (Å²) < 4.78 is 5.47. The topological polar surface area (TPSA) is 91.2 Å². The Labute approximate surface area is 174 Å². The van der Waals surface area contributed by atoms with Crippen LogP contribution in [0.2, 0.25) is 5.02 Å². The summed E-state index contributed by atoms with van der Waals surface area (Å²) in [6.07, 6.45) is 3.37. The van der Waals surface area contributed by atoms with Crippen molar-refractivity contribution >= 4 is 35.2 Å². The second-order valence-corrected chi connectivity index (χ2v) is 6.98. The van der Waals surface area contributed by atoms with Crippen molar-refractivity contribution < 1.29 is 14.3 Å².